The summed E-state index contributed by atoms with van der Waals surface area (Å²) in [6.07, 6.45) is 0. The molecule has 1 aromatic carbocycles. The van der Waals surface area contributed by atoms with E-state index < -0.39 is 10.0 Å². The van der Waals surface area contributed by atoms with E-state index in [0.717, 1.165) is 4.31 Å². The summed E-state index contributed by atoms with van der Waals surface area (Å²) in [6.45, 7) is 1.22. The maximum absolute atomic E-state index is 12.3. The number of aryl methyl sites for hydroxylation is 1. The van der Waals surface area contributed by atoms with Crippen LogP contribution >= 0.6 is 0 Å². The SMILES string of the molecule is Cc1ccc(C#CCO)cc1S(=O)(=O)N(C)CCO. The second-order valence-corrected chi connectivity index (χ2v) is 6.00. The minimum absolute atomic E-state index is 0.0360. The summed E-state index contributed by atoms with van der Waals surface area (Å²) in [5.41, 5.74) is 1.13. The Morgan fingerprint density at radius 3 is 2.58 bits per heavy atom. The molecule has 0 aliphatic heterocycles. The molecule has 1 rings (SSSR count). The van der Waals surface area contributed by atoms with E-state index in [0.29, 0.717) is 11.1 Å². The van der Waals surface area contributed by atoms with Crippen molar-refractivity contribution in [2.24, 2.45) is 0 Å². The highest BCUT2D eigenvalue weighted by Crippen LogP contribution is 2.20. The van der Waals surface area contributed by atoms with Gasteiger partial charge in [0.1, 0.15) is 6.61 Å². The first-order valence-corrected chi connectivity index (χ1v) is 7.15. The molecular weight excluding hydrogens is 266 g/mol. The monoisotopic (exact) mass is 283 g/mol. The van der Waals surface area contributed by atoms with Crippen LogP contribution in [0.4, 0.5) is 0 Å². The Balaban J connectivity index is 3.25. The lowest BCUT2D eigenvalue weighted by molar-refractivity contribution is 0.266. The Morgan fingerprint density at radius 2 is 2.00 bits per heavy atom. The first kappa shape index (κ1) is 15.7. The van der Waals surface area contributed by atoms with Crippen LogP contribution in [0.15, 0.2) is 23.1 Å². The third-order valence-corrected chi connectivity index (χ3v) is 4.60. The van der Waals surface area contributed by atoms with Gasteiger partial charge in [0.05, 0.1) is 11.5 Å². The molecule has 0 aromatic heterocycles. The van der Waals surface area contributed by atoms with Crippen LogP contribution in [-0.4, -0.2) is 49.7 Å². The molecule has 0 aliphatic rings. The van der Waals surface area contributed by atoms with Gasteiger partial charge in [0.15, 0.2) is 0 Å². The summed E-state index contributed by atoms with van der Waals surface area (Å²) >= 11 is 0. The van der Waals surface area contributed by atoms with Gasteiger partial charge in [0.25, 0.3) is 0 Å². The molecule has 0 saturated carbocycles. The number of sulfonamides is 1. The predicted molar refractivity (Wildman–Crippen MR) is 72.0 cm³/mol. The molecule has 0 atom stereocenters. The lowest BCUT2D eigenvalue weighted by Gasteiger charge is -2.17. The fraction of sp³-hybridized carbons (Fsp3) is 0.385. The van der Waals surface area contributed by atoms with Crippen molar-refractivity contribution >= 4 is 10.0 Å². The molecule has 0 amide bonds. The van der Waals surface area contributed by atoms with Crippen LogP contribution in [0.3, 0.4) is 0 Å². The maximum Gasteiger partial charge on any atom is 0.243 e. The van der Waals surface area contributed by atoms with Crippen molar-refractivity contribution in [2.45, 2.75) is 11.8 Å². The molecule has 2 N–H and O–H groups in total. The quantitative estimate of drug-likeness (QED) is 0.760. The number of likely N-dealkylation sites (N-methyl/N-ethyl adjacent to an activating group) is 1. The normalized spacial score (nSPS) is 11.2. The lowest BCUT2D eigenvalue weighted by atomic mass is 10.1. The van der Waals surface area contributed by atoms with Gasteiger partial charge in [-0.15, -0.1) is 0 Å². The zero-order valence-corrected chi connectivity index (χ0v) is 11.7. The van der Waals surface area contributed by atoms with Crippen molar-refractivity contribution in [2.75, 3.05) is 26.8 Å². The van der Waals surface area contributed by atoms with E-state index in [1.54, 1.807) is 19.1 Å². The van der Waals surface area contributed by atoms with E-state index in [1.807, 2.05) is 0 Å². The molecule has 0 unspecified atom stereocenters. The Kier molecular flexibility index (Phi) is 5.51. The largest absolute Gasteiger partial charge is 0.395 e. The summed E-state index contributed by atoms with van der Waals surface area (Å²) < 4.78 is 25.7. The van der Waals surface area contributed by atoms with Gasteiger partial charge in [-0.05, 0) is 24.6 Å². The number of hydrogen-bond acceptors (Lipinski definition) is 4. The average molecular weight is 283 g/mol. The van der Waals surface area contributed by atoms with Crippen molar-refractivity contribution in [3.8, 4) is 11.8 Å². The van der Waals surface area contributed by atoms with Gasteiger partial charge in [-0.2, -0.15) is 4.31 Å². The van der Waals surface area contributed by atoms with Crippen molar-refractivity contribution in [3.63, 3.8) is 0 Å². The second-order valence-electron chi connectivity index (χ2n) is 3.99. The highest BCUT2D eigenvalue weighted by atomic mass is 32.2. The van der Waals surface area contributed by atoms with Crippen LogP contribution in [0.1, 0.15) is 11.1 Å². The molecule has 6 heteroatoms. The fourth-order valence-corrected chi connectivity index (χ4v) is 2.93. The second kappa shape index (κ2) is 6.68. The van der Waals surface area contributed by atoms with Gasteiger partial charge < -0.3 is 10.2 Å². The van der Waals surface area contributed by atoms with Crippen LogP contribution in [0.25, 0.3) is 0 Å². The number of nitrogens with zero attached hydrogens (tertiary/aromatic N) is 1. The van der Waals surface area contributed by atoms with E-state index in [2.05, 4.69) is 11.8 Å². The van der Waals surface area contributed by atoms with Crippen LogP contribution < -0.4 is 0 Å². The van der Waals surface area contributed by atoms with Crippen molar-refractivity contribution < 1.29 is 18.6 Å². The van der Waals surface area contributed by atoms with E-state index >= 15 is 0 Å². The van der Waals surface area contributed by atoms with Crippen LogP contribution in [0, 0.1) is 18.8 Å². The Morgan fingerprint density at radius 1 is 1.32 bits per heavy atom. The molecule has 0 spiro atoms. The predicted octanol–water partition coefficient (Wildman–Crippen LogP) is -0.0484. The van der Waals surface area contributed by atoms with E-state index in [4.69, 9.17) is 10.2 Å². The minimum atomic E-state index is -3.64. The maximum atomic E-state index is 12.3. The Labute approximate surface area is 113 Å². The van der Waals surface area contributed by atoms with Crippen molar-refractivity contribution in [1.29, 1.82) is 0 Å². The smallest absolute Gasteiger partial charge is 0.243 e. The average Bonchev–Trinajstić information content (AvgIpc) is 2.37. The third kappa shape index (κ3) is 3.78. The third-order valence-electron chi connectivity index (χ3n) is 2.60. The van der Waals surface area contributed by atoms with Gasteiger partial charge in [0.2, 0.25) is 10.0 Å². The summed E-state index contributed by atoms with van der Waals surface area (Å²) in [4.78, 5) is 0.160. The fourth-order valence-electron chi connectivity index (χ4n) is 1.53. The lowest BCUT2D eigenvalue weighted by Crippen LogP contribution is -2.30. The van der Waals surface area contributed by atoms with Gasteiger partial charge in [-0.25, -0.2) is 8.42 Å². The summed E-state index contributed by atoms with van der Waals surface area (Å²) in [6, 6.07) is 4.84. The van der Waals surface area contributed by atoms with Crippen LogP contribution in [0.5, 0.6) is 0 Å². The van der Waals surface area contributed by atoms with Crippen LogP contribution in [0.2, 0.25) is 0 Å². The number of hydrogen-bond donors (Lipinski definition) is 2. The Hall–Kier alpha value is -1.39. The van der Waals surface area contributed by atoms with E-state index in [-0.39, 0.29) is 24.7 Å². The molecule has 104 valence electrons. The highest BCUT2D eigenvalue weighted by molar-refractivity contribution is 7.89. The molecule has 0 fully saturated rings. The molecule has 0 aliphatic carbocycles. The van der Waals surface area contributed by atoms with Gasteiger partial charge in [-0.3, -0.25) is 0 Å². The molecule has 0 bridgehead atoms. The number of aliphatic hydroxyl groups is 2. The molecule has 19 heavy (non-hydrogen) atoms. The first-order valence-electron chi connectivity index (χ1n) is 5.71. The molecule has 0 radical (unpaired) electrons. The molecule has 5 nitrogen and oxygen atoms in total. The number of benzene rings is 1. The molecule has 0 heterocycles. The summed E-state index contributed by atoms with van der Waals surface area (Å²) in [5.74, 6) is 5.15. The topological polar surface area (TPSA) is 77.8 Å². The van der Waals surface area contributed by atoms with Crippen molar-refractivity contribution in [1.82, 2.24) is 4.31 Å². The van der Waals surface area contributed by atoms with Crippen molar-refractivity contribution in [3.05, 3.63) is 29.3 Å². The standard InChI is InChI=1S/C13H17NO4S/c1-11-5-6-12(4-3-8-15)10-13(11)19(17,18)14(2)7-9-16/h5-6,10,15-16H,7-9H2,1-2H3. The van der Waals surface area contributed by atoms with Gasteiger partial charge >= 0.3 is 0 Å². The highest BCUT2D eigenvalue weighted by Gasteiger charge is 2.22. The number of rotatable bonds is 4. The van der Waals surface area contributed by atoms with Crippen LogP contribution in [-0.2, 0) is 10.0 Å². The molecule has 1 aromatic rings. The van der Waals surface area contributed by atoms with E-state index in [1.165, 1.54) is 13.1 Å². The van der Waals surface area contributed by atoms with E-state index in [9.17, 15) is 8.42 Å². The van der Waals surface area contributed by atoms with Gasteiger partial charge in [-0.1, -0.05) is 17.9 Å². The Bertz CT molecular complexity index is 599. The zero-order valence-electron chi connectivity index (χ0n) is 10.9. The zero-order chi connectivity index (χ0) is 14.5. The molecule has 0 saturated heterocycles. The first-order chi connectivity index (χ1) is 8.93. The minimum Gasteiger partial charge on any atom is -0.395 e. The van der Waals surface area contributed by atoms with Gasteiger partial charge in [0, 0.05) is 19.2 Å². The summed E-state index contributed by atoms with van der Waals surface area (Å²) in [7, 11) is -2.22. The molecular formula is C13H17NO4S. The summed E-state index contributed by atoms with van der Waals surface area (Å²) in [5, 5.41) is 17.5. The number of aliphatic hydroxyl groups excluding tert-OH is 2.